The summed E-state index contributed by atoms with van der Waals surface area (Å²) in [6, 6.07) is 8.78. The van der Waals surface area contributed by atoms with Crippen LogP contribution in [0.25, 0.3) is 11.3 Å². The van der Waals surface area contributed by atoms with E-state index in [-0.39, 0.29) is 35.5 Å². The molecule has 1 aliphatic heterocycles. The number of allylic oxidation sites excluding steroid dienone is 2. The van der Waals surface area contributed by atoms with Crippen molar-refractivity contribution in [2.24, 2.45) is 40.6 Å². The Kier molecular flexibility index (Phi) is 3.78. The van der Waals surface area contributed by atoms with Crippen molar-refractivity contribution in [2.75, 3.05) is 7.11 Å². The van der Waals surface area contributed by atoms with Gasteiger partial charge in [0.25, 0.3) is 11.8 Å². The third-order valence-electron chi connectivity index (χ3n) is 6.99. The monoisotopic (exact) mass is 422 g/mol. The Morgan fingerprint density at radius 2 is 1.80 bits per heavy atom. The Labute approximate surface area is 178 Å². The van der Waals surface area contributed by atoms with Crippen LogP contribution < -0.4 is 4.74 Å². The zero-order valence-electron chi connectivity index (χ0n) is 16.2. The average Bonchev–Trinajstić information content (AvgIpc) is 3.39. The molecule has 1 aromatic heterocycles. The summed E-state index contributed by atoms with van der Waals surface area (Å²) in [5, 5.41) is 5.83. The molecule has 0 N–H and O–H groups in total. The summed E-state index contributed by atoms with van der Waals surface area (Å²) in [5.74, 6) is 2.27. The van der Waals surface area contributed by atoms with Gasteiger partial charge in [-0.3, -0.25) is 9.59 Å². The van der Waals surface area contributed by atoms with E-state index in [1.54, 1.807) is 37.4 Å². The van der Waals surface area contributed by atoms with Gasteiger partial charge >= 0.3 is 0 Å². The summed E-state index contributed by atoms with van der Waals surface area (Å²) in [5.41, 5.74) is 0.714. The lowest BCUT2D eigenvalue weighted by atomic mass is 9.63. The third kappa shape index (κ3) is 2.46. The standard InChI is InChI=1S/C23H19ClN2O4/c1-29-18-6-2-11(24)8-17(18)19-7-3-12(30-19)10-25-26-22(27)20-13-4-5-14(16-9-15(13)16)21(20)23(26)28/h2-8,10,13-16,20-21H,9H2,1H3/b25-10-/t13-,14-,15-,16-,20+,21+/m0/s1. The molecule has 30 heavy (non-hydrogen) atoms. The summed E-state index contributed by atoms with van der Waals surface area (Å²) >= 11 is 6.10. The predicted octanol–water partition coefficient (Wildman–Crippen LogP) is 4.00. The number of methoxy groups -OCH3 is 1. The Morgan fingerprint density at radius 3 is 2.47 bits per heavy atom. The second-order valence-corrected chi connectivity index (χ2v) is 8.87. The first-order valence-corrected chi connectivity index (χ1v) is 10.5. The number of furan rings is 1. The maximum Gasteiger partial charge on any atom is 0.254 e. The smallest absolute Gasteiger partial charge is 0.254 e. The van der Waals surface area contributed by atoms with Gasteiger partial charge in [0.05, 0.1) is 30.7 Å². The number of benzene rings is 1. The van der Waals surface area contributed by atoms with Crippen molar-refractivity contribution >= 4 is 29.6 Å². The minimum absolute atomic E-state index is 0.186. The van der Waals surface area contributed by atoms with E-state index < -0.39 is 0 Å². The number of amides is 2. The Hall–Kier alpha value is -2.86. The Balaban J connectivity index is 1.26. The zero-order chi connectivity index (χ0) is 20.6. The van der Waals surface area contributed by atoms with E-state index >= 15 is 0 Å². The molecule has 3 fully saturated rings. The molecule has 0 spiro atoms. The fourth-order valence-corrected chi connectivity index (χ4v) is 5.78. The summed E-state index contributed by atoms with van der Waals surface area (Å²) < 4.78 is 11.2. The van der Waals surface area contributed by atoms with Gasteiger partial charge in [-0.1, -0.05) is 23.8 Å². The maximum absolute atomic E-state index is 13.0. The lowest BCUT2D eigenvalue weighted by molar-refractivity contribution is -0.140. The molecule has 1 saturated heterocycles. The fraction of sp³-hybridized carbons (Fsp3) is 0.348. The van der Waals surface area contributed by atoms with Gasteiger partial charge in [-0.25, -0.2) is 0 Å². The maximum atomic E-state index is 13.0. The molecule has 4 aliphatic carbocycles. The lowest BCUT2D eigenvalue weighted by Crippen LogP contribution is -2.40. The zero-order valence-corrected chi connectivity index (χ0v) is 17.0. The first kappa shape index (κ1) is 18.0. The lowest BCUT2D eigenvalue weighted by Gasteiger charge is -2.37. The highest BCUT2D eigenvalue weighted by Gasteiger charge is 2.67. The molecule has 2 bridgehead atoms. The van der Waals surface area contributed by atoms with Crippen molar-refractivity contribution in [1.29, 1.82) is 0 Å². The largest absolute Gasteiger partial charge is 0.496 e. The SMILES string of the molecule is COc1ccc(Cl)cc1-c1ccc(/C=N\N2C(=O)[C@@H]3[C@H]4C=C[C@@H]([C@@H]5C[C@@H]45)[C@H]3C2=O)o1. The highest BCUT2D eigenvalue weighted by Crippen LogP contribution is 2.65. The van der Waals surface area contributed by atoms with Crippen LogP contribution in [0.1, 0.15) is 12.2 Å². The number of carbonyl (C=O) groups is 2. The van der Waals surface area contributed by atoms with Crippen molar-refractivity contribution in [1.82, 2.24) is 5.01 Å². The highest BCUT2D eigenvalue weighted by molar-refractivity contribution is 6.31. The van der Waals surface area contributed by atoms with Gasteiger partial charge in [-0.2, -0.15) is 10.1 Å². The van der Waals surface area contributed by atoms with Crippen molar-refractivity contribution in [3.63, 3.8) is 0 Å². The molecule has 7 rings (SSSR count). The molecular formula is C23H19ClN2O4. The Morgan fingerprint density at radius 1 is 1.10 bits per heavy atom. The molecule has 6 atom stereocenters. The van der Waals surface area contributed by atoms with Gasteiger partial charge in [0, 0.05) is 5.02 Å². The number of imide groups is 1. The van der Waals surface area contributed by atoms with Gasteiger partial charge in [0.15, 0.2) is 0 Å². The minimum atomic E-state index is -0.253. The minimum Gasteiger partial charge on any atom is -0.496 e. The third-order valence-corrected chi connectivity index (χ3v) is 7.23. The number of hydrogen-bond acceptors (Lipinski definition) is 5. The second-order valence-electron chi connectivity index (χ2n) is 8.43. The predicted molar refractivity (Wildman–Crippen MR) is 110 cm³/mol. The Bertz CT molecular complexity index is 1100. The molecule has 152 valence electrons. The number of carbonyl (C=O) groups excluding carboxylic acids is 2. The van der Waals surface area contributed by atoms with Crippen LogP contribution in [0.2, 0.25) is 5.02 Å². The van der Waals surface area contributed by atoms with Crippen LogP contribution in [0, 0.1) is 35.5 Å². The number of ether oxygens (including phenoxy) is 1. The summed E-state index contributed by atoms with van der Waals surface area (Å²) in [6.07, 6.45) is 6.86. The van der Waals surface area contributed by atoms with Gasteiger partial charge in [0.2, 0.25) is 0 Å². The summed E-state index contributed by atoms with van der Waals surface area (Å²) in [7, 11) is 1.58. The fourth-order valence-electron chi connectivity index (χ4n) is 5.61. The molecule has 0 radical (unpaired) electrons. The molecule has 5 aliphatic rings. The van der Waals surface area contributed by atoms with E-state index in [9.17, 15) is 9.59 Å². The summed E-state index contributed by atoms with van der Waals surface area (Å²) in [6.45, 7) is 0. The van der Waals surface area contributed by atoms with E-state index in [4.69, 9.17) is 20.8 Å². The van der Waals surface area contributed by atoms with Crippen LogP contribution in [0.15, 0.2) is 52.0 Å². The van der Waals surface area contributed by atoms with Crippen LogP contribution in [-0.4, -0.2) is 30.1 Å². The topological polar surface area (TPSA) is 72.1 Å². The molecule has 6 nitrogen and oxygen atoms in total. The first-order chi connectivity index (χ1) is 14.6. The van der Waals surface area contributed by atoms with Crippen LogP contribution >= 0.6 is 11.6 Å². The summed E-state index contributed by atoms with van der Waals surface area (Å²) in [4.78, 5) is 25.9. The number of hydrazone groups is 1. The van der Waals surface area contributed by atoms with E-state index in [2.05, 4.69) is 17.3 Å². The van der Waals surface area contributed by atoms with Crippen LogP contribution in [0.4, 0.5) is 0 Å². The quantitative estimate of drug-likeness (QED) is 0.424. The van der Waals surface area contributed by atoms with Crippen molar-refractivity contribution in [3.05, 3.63) is 53.3 Å². The molecule has 2 amide bonds. The first-order valence-electron chi connectivity index (χ1n) is 10.1. The van der Waals surface area contributed by atoms with E-state index in [1.165, 1.54) is 6.21 Å². The van der Waals surface area contributed by atoms with Gasteiger partial charge in [-0.15, -0.1) is 0 Å². The number of halogens is 1. The van der Waals surface area contributed by atoms with Crippen LogP contribution in [0.3, 0.4) is 0 Å². The van der Waals surface area contributed by atoms with Gasteiger partial charge in [-0.05, 0) is 60.4 Å². The van der Waals surface area contributed by atoms with Gasteiger partial charge < -0.3 is 9.15 Å². The van der Waals surface area contributed by atoms with Crippen LogP contribution in [-0.2, 0) is 9.59 Å². The molecule has 0 unspecified atom stereocenters. The number of nitrogens with zero attached hydrogens (tertiary/aromatic N) is 2. The van der Waals surface area contributed by atoms with E-state index in [0.29, 0.717) is 39.7 Å². The molecule has 2 heterocycles. The highest BCUT2D eigenvalue weighted by atomic mass is 35.5. The molecule has 7 heteroatoms. The average molecular weight is 423 g/mol. The molecule has 2 aromatic rings. The molecule has 2 saturated carbocycles. The normalized spacial score (nSPS) is 33.3. The van der Waals surface area contributed by atoms with E-state index in [0.717, 1.165) is 11.4 Å². The molecule has 1 aromatic carbocycles. The molecular weight excluding hydrogens is 404 g/mol. The van der Waals surface area contributed by atoms with Crippen molar-refractivity contribution in [3.8, 4) is 17.1 Å². The number of rotatable bonds is 4. The van der Waals surface area contributed by atoms with Crippen LogP contribution in [0.5, 0.6) is 5.75 Å². The van der Waals surface area contributed by atoms with Crippen molar-refractivity contribution in [2.45, 2.75) is 6.42 Å². The van der Waals surface area contributed by atoms with Crippen molar-refractivity contribution < 1.29 is 18.7 Å². The van der Waals surface area contributed by atoms with E-state index in [1.807, 2.05) is 0 Å². The number of hydrogen-bond donors (Lipinski definition) is 0. The second kappa shape index (κ2) is 6.32. The van der Waals surface area contributed by atoms with Gasteiger partial charge in [0.1, 0.15) is 17.3 Å².